The van der Waals surface area contributed by atoms with Crippen molar-refractivity contribution in [3.63, 3.8) is 0 Å². The third-order valence-corrected chi connectivity index (χ3v) is 4.13. The first-order valence-corrected chi connectivity index (χ1v) is 7.02. The predicted molar refractivity (Wildman–Crippen MR) is 74.1 cm³/mol. The van der Waals surface area contributed by atoms with Gasteiger partial charge in [0.2, 0.25) is 0 Å². The van der Waals surface area contributed by atoms with Gasteiger partial charge in [-0.25, -0.2) is 9.37 Å². The van der Waals surface area contributed by atoms with Gasteiger partial charge in [0, 0.05) is 10.7 Å². The van der Waals surface area contributed by atoms with Crippen LogP contribution in [0, 0.1) is 12.7 Å². The monoisotopic (exact) mass is 278 g/mol. The van der Waals surface area contributed by atoms with Crippen molar-refractivity contribution >= 4 is 11.6 Å². The van der Waals surface area contributed by atoms with Gasteiger partial charge in [-0.05, 0) is 56.4 Å². The predicted octanol–water partition coefficient (Wildman–Crippen LogP) is 3.91. The minimum atomic E-state index is -0.244. The molecule has 0 saturated heterocycles. The van der Waals surface area contributed by atoms with Crippen molar-refractivity contribution in [2.75, 3.05) is 0 Å². The molecule has 100 valence electrons. The van der Waals surface area contributed by atoms with Crippen molar-refractivity contribution in [3.8, 4) is 0 Å². The van der Waals surface area contributed by atoms with E-state index >= 15 is 0 Å². The maximum absolute atomic E-state index is 13.3. The Morgan fingerprint density at radius 2 is 2.11 bits per heavy atom. The lowest BCUT2D eigenvalue weighted by molar-refractivity contribution is 0.612. The minimum absolute atomic E-state index is 0.244. The van der Waals surface area contributed by atoms with E-state index in [9.17, 15) is 4.39 Å². The highest BCUT2D eigenvalue weighted by Crippen LogP contribution is 2.25. The van der Waals surface area contributed by atoms with E-state index in [0.29, 0.717) is 11.6 Å². The maximum Gasteiger partial charge on any atom is 0.123 e. The molecule has 1 aromatic heterocycles. The third-order valence-electron chi connectivity index (χ3n) is 3.76. The topological polar surface area (TPSA) is 17.8 Å². The number of fused-ring (bicyclic) bond motifs is 1. The van der Waals surface area contributed by atoms with E-state index in [1.54, 1.807) is 6.07 Å². The average Bonchev–Trinajstić information content (AvgIpc) is 2.71. The smallest absolute Gasteiger partial charge is 0.123 e. The van der Waals surface area contributed by atoms with E-state index in [1.807, 2.05) is 6.92 Å². The number of halogens is 2. The van der Waals surface area contributed by atoms with Crippen LogP contribution < -0.4 is 0 Å². The third kappa shape index (κ3) is 2.39. The largest absolute Gasteiger partial charge is 0.328 e. The first-order chi connectivity index (χ1) is 9.15. The molecule has 0 atom stereocenters. The Morgan fingerprint density at radius 1 is 1.32 bits per heavy atom. The summed E-state index contributed by atoms with van der Waals surface area (Å²) in [5.41, 5.74) is 3.32. The molecule has 0 bridgehead atoms. The van der Waals surface area contributed by atoms with Crippen LogP contribution in [-0.2, 0) is 19.4 Å². The summed E-state index contributed by atoms with van der Waals surface area (Å²) in [5.74, 6) is 0.748. The summed E-state index contributed by atoms with van der Waals surface area (Å²) in [7, 11) is 0. The minimum Gasteiger partial charge on any atom is -0.328 e. The van der Waals surface area contributed by atoms with Crippen LogP contribution >= 0.6 is 11.6 Å². The first kappa shape index (κ1) is 12.7. The van der Waals surface area contributed by atoms with E-state index < -0.39 is 0 Å². The fourth-order valence-corrected chi connectivity index (χ4v) is 2.96. The quantitative estimate of drug-likeness (QED) is 0.814. The number of nitrogens with zero attached hydrogens (tertiary/aromatic N) is 2. The highest BCUT2D eigenvalue weighted by molar-refractivity contribution is 6.31. The van der Waals surface area contributed by atoms with Crippen LogP contribution in [-0.4, -0.2) is 9.55 Å². The normalized spacial score (nSPS) is 14.5. The number of imidazole rings is 1. The lowest BCUT2D eigenvalue weighted by atomic mass is 10.0. The fourth-order valence-electron chi connectivity index (χ4n) is 2.78. The zero-order valence-electron chi connectivity index (χ0n) is 10.9. The Morgan fingerprint density at radius 3 is 2.95 bits per heavy atom. The molecule has 2 aromatic rings. The fraction of sp³-hybridized carbons (Fsp3) is 0.400. The molecule has 0 saturated carbocycles. The molecule has 19 heavy (non-hydrogen) atoms. The van der Waals surface area contributed by atoms with E-state index in [4.69, 9.17) is 11.6 Å². The highest BCUT2D eigenvalue weighted by Gasteiger charge is 2.18. The number of aryl methyl sites for hydroxylation is 2. The summed E-state index contributed by atoms with van der Waals surface area (Å²) in [6, 6.07) is 4.52. The van der Waals surface area contributed by atoms with E-state index in [-0.39, 0.29) is 5.82 Å². The molecule has 0 fully saturated rings. The Labute approximate surface area is 117 Å². The highest BCUT2D eigenvalue weighted by atomic mass is 35.5. The zero-order chi connectivity index (χ0) is 13.4. The molecular weight excluding hydrogens is 263 g/mol. The summed E-state index contributed by atoms with van der Waals surface area (Å²) in [6.07, 6.45) is 4.53. The number of rotatable bonds is 2. The van der Waals surface area contributed by atoms with Gasteiger partial charge in [-0.3, -0.25) is 0 Å². The Bertz CT molecular complexity index is 619. The van der Waals surface area contributed by atoms with Crippen LogP contribution in [0.15, 0.2) is 18.2 Å². The number of hydrogen-bond acceptors (Lipinski definition) is 1. The zero-order valence-corrected chi connectivity index (χ0v) is 11.7. The number of hydrogen-bond donors (Lipinski definition) is 0. The molecule has 2 nitrogen and oxygen atoms in total. The van der Waals surface area contributed by atoms with E-state index in [2.05, 4.69) is 9.55 Å². The SMILES string of the molecule is Cc1nc2c(n1Cc1cc(F)ccc1Cl)CCCC2. The Balaban J connectivity index is 1.99. The molecule has 4 heteroatoms. The van der Waals surface area contributed by atoms with Crippen LogP contribution in [0.4, 0.5) is 4.39 Å². The van der Waals surface area contributed by atoms with Gasteiger partial charge in [0.15, 0.2) is 0 Å². The molecule has 0 amide bonds. The molecule has 0 radical (unpaired) electrons. The van der Waals surface area contributed by atoms with Gasteiger partial charge < -0.3 is 4.57 Å². The second-order valence-corrected chi connectivity index (χ2v) is 5.49. The molecule has 0 aliphatic heterocycles. The van der Waals surface area contributed by atoms with Crippen LogP contribution in [0.5, 0.6) is 0 Å². The molecule has 0 N–H and O–H groups in total. The Kier molecular flexibility index (Phi) is 3.31. The van der Waals surface area contributed by atoms with Gasteiger partial charge in [0.1, 0.15) is 11.6 Å². The Hall–Kier alpha value is -1.35. The summed E-state index contributed by atoms with van der Waals surface area (Å²) >= 11 is 6.15. The van der Waals surface area contributed by atoms with Gasteiger partial charge in [-0.2, -0.15) is 0 Å². The van der Waals surface area contributed by atoms with Gasteiger partial charge in [0.05, 0.1) is 12.2 Å². The van der Waals surface area contributed by atoms with Gasteiger partial charge in [-0.15, -0.1) is 0 Å². The lowest BCUT2D eigenvalue weighted by Gasteiger charge is -2.15. The molecule has 0 spiro atoms. The molecule has 1 heterocycles. The number of benzene rings is 1. The van der Waals surface area contributed by atoms with Crippen LogP contribution in [0.2, 0.25) is 5.02 Å². The number of aromatic nitrogens is 2. The van der Waals surface area contributed by atoms with Crippen molar-refractivity contribution in [3.05, 3.63) is 51.8 Å². The van der Waals surface area contributed by atoms with Crippen molar-refractivity contribution in [1.82, 2.24) is 9.55 Å². The summed E-state index contributed by atoms with van der Waals surface area (Å²) in [5, 5.41) is 0.610. The lowest BCUT2D eigenvalue weighted by Crippen LogP contribution is -2.10. The van der Waals surface area contributed by atoms with Crippen LogP contribution in [0.25, 0.3) is 0 Å². The molecule has 3 rings (SSSR count). The van der Waals surface area contributed by atoms with Crippen LogP contribution in [0.1, 0.15) is 35.6 Å². The summed E-state index contributed by atoms with van der Waals surface area (Å²) < 4.78 is 15.5. The van der Waals surface area contributed by atoms with Gasteiger partial charge in [-0.1, -0.05) is 11.6 Å². The van der Waals surface area contributed by atoms with Crippen molar-refractivity contribution < 1.29 is 4.39 Å². The molecule has 1 aromatic carbocycles. The molecule has 0 unspecified atom stereocenters. The molecule has 1 aliphatic carbocycles. The van der Waals surface area contributed by atoms with E-state index in [1.165, 1.54) is 36.4 Å². The summed E-state index contributed by atoms with van der Waals surface area (Å²) in [4.78, 5) is 4.63. The van der Waals surface area contributed by atoms with Crippen LogP contribution in [0.3, 0.4) is 0 Å². The second kappa shape index (κ2) is 4.97. The first-order valence-electron chi connectivity index (χ1n) is 6.64. The average molecular weight is 279 g/mol. The standard InChI is InChI=1S/C15H16ClFN2/c1-10-18-14-4-2-3-5-15(14)19(10)9-11-8-12(17)6-7-13(11)16/h6-8H,2-5,9H2,1H3. The molecular formula is C15H16ClFN2. The van der Waals surface area contributed by atoms with Crippen molar-refractivity contribution in [1.29, 1.82) is 0 Å². The molecule has 1 aliphatic rings. The summed E-state index contributed by atoms with van der Waals surface area (Å²) in [6.45, 7) is 2.61. The second-order valence-electron chi connectivity index (χ2n) is 5.08. The van der Waals surface area contributed by atoms with Gasteiger partial charge in [0.25, 0.3) is 0 Å². The van der Waals surface area contributed by atoms with Gasteiger partial charge >= 0.3 is 0 Å². The van der Waals surface area contributed by atoms with Crippen molar-refractivity contribution in [2.24, 2.45) is 0 Å². The van der Waals surface area contributed by atoms with E-state index in [0.717, 1.165) is 24.2 Å². The van der Waals surface area contributed by atoms with Crippen molar-refractivity contribution in [2.45, 2.75) is 39.2 Å². The maximum atomic E-state index is 13.3.